The summed E-state index contributed by atoms with van der Waals surface area (Å²) < 4.78 is 6.17. The lowest BCUT2D eigenvalue weighted by molar-refractivity contribution is -0.307. The van der Waals surface area contributed by atoms with Crippen molar-refractivity contribution in [2.24, 2.45) is 45.0 Å². The predicted molar refractivity (Wildman–Crippen MR) is 244 cm³/mol. The van der Waals surface area contributed by atoms with Gasteiger partial charge in [0.2, 0.25) is 0 Å². The highest BCUT2D eigenvalue weighted by atomic mass is 33.1. The van der Waals surface area contributed by atoms with E-state index >= 15 is 0 Å². The number of hydrogen-bond donors (Lipinski definition) is 4. The van der Waals surface area contributed by atoms with Gasteiger partial charge < -0.3 is 31.5 Å². The number of hydrogen-bond acceptors (Lipinski definition) is 10. The highest BCUT2D eigenvalue weighted by Gasteiger charge is 2.63. The van der Waals surface area contributed by atoms with Crippen molar-refractivity contribution in [2.45, 2.75) is 102 Å². The van der Waals surface area contributed by atoms with Crippen molar-refractivity contribution in [2.75, 3.05) is 12.4 Å². The SMILES string of the molecule is CCCC1C2CCC3CC14C=CC(=O)CCc1ccc(O)c(c1)OCCc1ccc(O)c(c1)C1CC([O-])=C5C=CN=C5CC#Cc5cc(C(N)N)c(cc51)CSSCC3(C2)C4. The average Bonchev–Trinajstić information content (AvgIpc) is 3.80. The Balaban J connectivity index is 1.11. The van der Waals surface area contributed by atoms with Crippen LogP contribution in [0.1, 0.15) is 122 Å². The Morgan fingerprint density at radius 1 is 0.984 bits per heavy atom. The molecule has 318 valence electrons. The molecule has 2 heterocycles. The van der Waals surface area contributed by atoms with Crippen molar-refractivity contribution >= 4 is 33.1 Å². The third-order valence-corrected chi connectivity index (χ3v) is 17.2. The van der Waals surface area contributed by atoms with Gasteiger partial charge in [0.05, 0.1) is 24.9 Å². The number of phenols is 2. The molecule has 1 spiro atoms. The Hall–Kier alpha value is -4.40. The molecule has 6 N–H and O–H groups in total. The van der Waals surface area contributed by atoms with Crippen molar-refractivity contribution in [3.05, 3.63) is 123 Å². The number of carbonyl (C=O) groups is 1. The molecule has 0 saturated heterocycles. The van der Waals surface area contributed by atoms with Crippen LogP contribution in [-0.4, -0.2) is 34.1 Å². The minimum atomic E-state index is -0.729. The fourth-order valence-electron chi connectivity index (χ4n) is 11.8. The average molecular weight is 855 g/mol. The number of rotatable bonds is 3. The Morgan fingerprint density at radius 2 is 1.82 bits per heavy atom. The summed E-state index contributed by atoms with van der Waals surface area (Å²) in [7, 11) is 3.79. The van der Waals surface area contributed by atoms with Crippen LogP contribution in [0.5, 0.6) is 17.2 Å². The van der Waals surface area contributed by atoms with Crippen LogP contribution in [-0.2, 0) is 23.4 Å². The lowest BCUT2D eigenvalue weighted by atomic mass is 9.54. The number of phenolic OH excluding ortho intramolecular Hbond substituents is 2. The molecule has 3 fully saturated rings. The summed E-state index contributed by atoms with van der Waals surface area (Å²) in [5.41, 5.74) is 20.4. The van der Waals surface area contributed by atoms with E-state index in [1.165, 1.54) is 25.7 Å². The molecule has 61 heavy (non-hydrogen) atoms. The van der Waals surface area contributed by atoms with Crippen LogP contribution in [0, 0.1) is 40.4 Å². The molecule has 10 heteroatoms. The van der Waals surface area contributed by atoms with Crippen LogP contribution in [0.2, 0.25) is 0 Å². The highest BCUT2D eigenvalue weighted by molar-refractivity contribution is 8.76. The van der Waals surface area contributed by atoms with Gasteiger partial charge in [0.1, 0.15) is 5.75 Å². The number of aryl methyl sites for hydroxylation is 1. The third-order valence-electron chi connectivity index (χ3n) is 14.7. The van der Waals surface area contributed by atoms with E-state index in [0.29, 0.717) is 71.8 Å². The first-order chi connectivity index (χ1) is 29.5. The minimum absolute atomic E-state index is 0.0410. The van der Waals surface area contributed by atoms with E-state index < -0.39 is 12.1 Å². The maximum Gasteiger partial charge on any atom is 0.161 e. The Bertz CT molecular complexity index is 2410. The lowest BCUT2D eigenvalue weighted by Gasteiger charge is -2.52. The van der Waals surface area contributed by atoms with Crippen molar-refractivity contribution in [3.8, 4) is 29.1 Å². The zero-order valence-corrected chi connectivity index (χ0v) is 36.6. The van der Waals surface area contributed by atoms with Crippen molar-refractivity contribution in [1.29, 1.82) is 0 Å². The monoisotopic (exact) mass is 854 g/mol. The predicted octanol–water partition coefficient (Wildman–Crippen LogP) is 9.06. The van der Waals surface area contributed by atoms with E-state index in [1.807, 2.05) is 58.0 Å². The van der Waals surface area contributed by atoms with E-state index in [1.54, 1.807) is 24.4 Å². The lowest BCUT2D eigenvalue weighted by Crippen LogP contribution is -2.44. The Morgan fingerprint density at radius 3 is 2.66 bits per heavy atom. The van der Waals surface area contributed by atoms with Crippen molar-refractivity contribution < 1.29 is 24.9 Å². The molecular weight excluding hydrogens is 799 g/mol. The summed E-state index contributed by atoms with van der Waals surface area (Å²) in [5, 5.41) is 36.5. The summed E-state index contributed by atoms with van der Waals surface area (Å²) >= 11 is 0. The Labute approximate surface area is 367 Å². The van der Waals surface area contributed by atoms with E-state index in [-0.39, 0.29) is 46.9 Å². The number of ketones is 1. The van der Waals surface area contributed by atoms with Crippen molar-refractivity contribution in [1.82, 2.24) is 0 Å². The maximum absolute atomic E-state index is 14.2. The second-order valence-corrected chi connectivity index (χ2v) is 20.8. The van der Waals surface area contributed by atoms with Gasteiger partial charge in [-0.1, -0.05) is 77.1 Å². The van der Waals surface area contributed by atoms with Gasteiger partial charge in [-0.25, -0.2) is 0 Å². The standard InChI is InChI=1S/C51H57N3O5S2/c1-2-4-43-34-10-11-36-27-50(43)18-15-37(55)12-7-31-9-14-46(57)48(22-31)59-20-17-32-8-13-45(56)42(21-32)41-25-47(58)38-16-19-54-44(38)6-3-5-33-23-40(49(52)53)35(24-39(33)41)28-60-61-30-51(36,26-34)29-50/h8-9,13-16,18-19,21-24,34,36,41,43,49,56-58H,2,4,6-7,10-12,17,20,25-30,52-53H2,1H3/p-1. The summed E-state index contributed by atoms with van der Waals surface area (Å²) in [5.74, 6) is 10.4. The molecule has 0 aromatic heterocycles. The van der Waals surface area contributed by atoms with E-state index in [9.17, 15) is 20.1 Å². The zero-order chi connectivity index (χ0) is 42.3. The van der Waals surface area contributed by atoms with Crippen LogP contribution >= 0.6 is 21.6 Å². The quantitative estimate of drug-likeness (QED) is 0.115. The first-order valence-electron chi connectivity index (χ1n) is 22.1. The second kappa shape index (κ2) is 17.4. The molecule has 6 unspecified atom stereocenters. The fraction of sp³-hybridized carbons (Fsp3) is 0.451. The molecule has 6 aliphatic rings. The topological polar surface area (TPSA) is 154 Å². The second-order valence-electron chi connectivity index (χ2n) is 18.4. The first-order valence-corrected chi connectivity index (χ1v) is 24.6. The number of carbonyl (C=O) groups excluding carboxylic acids is 1. The van der Waals surface area contributed by atoms with Crippen molar-refractivity contribution in [3.63, 3.8) is 0 Å². The molecule has 3 aromatic rings. The number of ether oxygens (including phenoxy) is 1. The zero-order valence-electron chi connectivity index (χ0n) is 35.0. The highest BCUT2D eigenvalue weighted by Crippen LogP contribution is 2.72. The molecule has 4 aliphatic carbocycles. The van der Waals surface area contributed by atoms with Crippen LogP contribution in [0.15, 0.2) is 89.3 Å². The number of allylic oxidation sites excluding steroid dienone is 5. The maximum atomic E-state index is 14.2. The molecule has 0 radical (unpaired) electrons. The summed E-state index contributed by atoms with van der Waals surface area (Å²) in [6, 6.07) is 15.0. The van der Waals surface area contributed by atoms with Gasteiger partial charge in [-0.05, 0) is 150 Å². The number of aromatic hydroxyl groups is 2. The van der Waals surface area contributed by atoms with Gasteiger partial charge in [0, 0.05) is 47.6 Å². The Kier molecular flexibility index (Phi) is 12.0. The molecule has 3 saturated carbocycles. The molecule has 0 amide bonds. The van der Waals surface area contributed by atoms with E-state index in [0.717, 1.165) is 58.4 Å². The fourth-order valence-corrected chi connectivity index (χ4v) is 14.7. The number of benzene rings is 3. The molecule has 9 bridgehead atoms. The molecular formula is C51H56N3O5S2-. The van der Waals surface area contributed by atoms with Gasteiger partial charge in [0.25, 0.3) is 0 Å². The molecule has 3 aromatic carbocycles. The molecule has 9 rings (SSSR count). The summed E-state index contributed by atoms with van der Waals surface area (Å²) in [6.45, 7) is 2.56. The van der Waals surface area contributed by atoms with Gasteiger partial charge in [-0.2, -0.15) is 0 Å². The summed E-state index contributed by atoms with van der Waals surface area (Å²) in [6.07, 6.45) is 17.3. The molecule has 6 atom stereocenters. The number of nitrogens with two attached hydrogens (primary N) is 2. The van der Waals surface area contributed by atoms with E-state index in [4.69, 9.17) is 16.2 Å². The van der Waals surface area contributed by atoms with Gasteiger partial charge in [-0.3, -0.25) is 9.79 Å². The number of nitrogens with zero attached hydrogens (tertiary/aromatic N) is 1. The smallest absolute Gasteiger partial charge is 0.161 e. The molecule has 2 aliphatic heterocycles. The van der Waals surface area contributed by atoms with Gasteiger partial charge >= 0.3 is 0 Å². The van der Waals surface area contributed by atoms with Crippen LogP contribution in [0.25, 0.3) is 0 Å². The number of aliphatic imine (C=N–C) groups is 1. The molecule has 8 nitrogen and oxygen atoms in total. The van der Waals surface area contributed by atoms with Crippen LogP contribution in [0.4, 0.5) is 0 Å². The third kappa shape index (κ3) is 8.32. The minimum Gasteiger partial charge on any atom is -0.875 e. The first kappa shape index (κ1) is 41.9. The van der Waals surface area contributed by atoms with E-state index in [2.05, 4.69) is 35.9 Å². The van der Waals surface area contributed by atoms with Gasteiger partial charge in [0.15, 0.2) is 17.3 Å². The van der Waals surface area contributed by atoms with Gasteiger partial charge in [-0.15, -0.1) is 5.76 Å². The summed E-state index contributed by atoms with van der Waals surface area (Å²) in [4.78, 5) is 18.0. The largest absolute Gasteiger partial charge is 0.875 e. The number of fused-ring (bicyclic) bond motifs is 8. The van der Waals surface area contributed by atoms with Crippen LogP contribution < -0.4 is 21.3 Å². The normalized spacial score (nSPS) is 28.6. The van der Waals surface area contributed by atoms with Crippen LogP contribution in [0.3, 0.4) is 0 Å².